The SMILES string of the molecule is Cc1ccc(C[NH+](C)CC(=O)Nc2ccc(C[NH+]3CCCC3)cc2)cc1. The third-order valence-corrected chi connectivity index (χ3v) is 5.09. The molecule has 1 aliphatic rings. The van der Waals surface area contributed by atoms with Crippen LogP contribution in [0.4, 0.5) is 5.69 Å². The summed E-state index contributed by atoms with van der Waals surface area (Å²) in [4.78, 5) is 15.1. The number of benzene rings is 2. The number of carbonyl (C=O) groups excluding carboxylic acids is 1. The van der Waals surface area contributed by atoms with Gasteiger partial charge in [-0.1, -0.05) is 42.0 Å². The molecule has 0 saturated carbocycles. The van der Waals surface area contributed by atoms with Crippen LogP contribution in [0.5, 0.6) is 0 Å². The van der Waals surface area contributed by atoms with Crippen molar-refractivity contribution in [3.05, 3.63) is 65.2 Å². The number of quaternary nitrogens is 2. The van der Waals surface area contributed by atoms with Crippen molar-refractivity contribution in [3.63, 3.8) is 0 Å². The third-order valence-electron chi connectivity index (χ3n) is 5.09. The van der Waals surface area contributed by atoms with Crippen LogP contribution in [0.2, 0.25) is 0 Å². The number of hydrogen-bond donors (Lipinski definition) is 3. The van der Waals surface area contributed by atoms with E-state index in [1.54, 1.807) is 4.90 Å². The summed E-state index contributed by atoms with van der Waals surface area (Å²) >= 11 is 0. The largest absolute Gasteiger partial charge is 0.331 e. The molecule has 2 aromatic rings. The summed E-state index contributed by atoms with van der Waals surface area (Å²) in [6.07, 6.45) is 2.70. The lowest BCUT2D eigenvalue weighted by atomic mass is 10.1. The highest BCUT2D eigenvalue weighted by Crippen LogP contribution is 2.09. The lowest BCUT2D eigenvalue weighted by molar-refractivity contribution is -0.901. The van der Waals surface area contributed by atoms with E-state index in [4.69, 9.17) is 0 Å². The van der Waals surface area contributed by atoms with Gasteiger partial charge in [-0.25, -0.2) is 0 Å². The smallest absolute Gasteiger partial charge is 0.279 e. The van der Waals surface area contributed by atoms with Crippen molar-refractivity contribution >= 4 is 11.6 Å². The first kappa shape index (κ1) is 18.6. The molecular weight excluding hydrogens is 322 g/mol. The first-order valence-corrected chi connectivity index (χ1v) is 9.68. The minimum absolute atomic E-state index is 0.0625. The molecule has 1 saturated heterocycles. The number of nitrogens with one attached hydrogen (secondary N) is 3. The highest BCUT2D eigenvalue weighted by atomic mass is 16.2. The Morgan fingerprint density at radius 2 is 1.62 bits per heavy atom. The molecule has 138 valence electrons. The molecule has 3 rings (SSSR count). The fourth-order valence-electron chi connectivity index (χ4n) is 3.64. The fraction of sp³-hybridized carbons (Fsp3) is 0.409. The average molecular weight is 354 g/mol. The van der Waals surface area contributed by atoms with Gasteiger partial charge in [0.2, 0.25) is 0 Å². The molecule has 1 fully saturated rings. The molecule has 1 aliphatic heterocycles. The maximum absolute atomic E-state index is 12.3. The Hall–Kier alpha value is -2.17. The highest BCUT2D eigenvalue weighted by Gasteiger charge is 2.15. The maximum atomic E-state index is 12.3. The Kier molecular flexibility index (Phi) is 6.42. The number of likely N-dealkylation sites (tertiary alicyclic amines) is 1. The number of rotatable bonds is 7. The van der Waals surface area contributed by atoms with Crippen LogP contribution in [0.15, 0.2) is 48.5 Å². The van der Waals surface area contributed by atoms with Crippen LogP contribution in [-0.4, -0.2) is 32.6 Å². The number of anilines is 1. The van der Waals surface area contributed by atoms with Gasteiger partial charge >= 0.3 is 0 Å². The maximum Gasteiger partial charge on any atom is 0.279 e. The second-order valence-corrected chi connectivity index (χ2v) is 7.68. The predicted octanol–water partition coefficient (Wildman–Crippen LogP) is 0.827. The molecule has 4 nitrogen and oxygen atoms in total. The number of aryl methyl sites for hydroxylation is 1. The van der Waals surface area contributed by atoms with E-state index in [9.17, 15) is 4.79 Å². The summed E-state index contributed by atoms with van der Waals surface area (Å²) in [5.41, 5.74) is 4.76. The van der Waals surface area contributed by atoms with Gasteiger partial charge in [0.25, 0.3) is 5.91 Å². The van der Waals surface area contributed by atoms with E-state index in [2.05, 4.69) is 55.7 Å². The Labute approximate surface area is 156 Å². The Balaban J connectivity index is 1.45. The van der Waals surface area contributed by atoms with Gasteiger partial charge < -0.3 is 15.1 Å². The zero-order chi connectivity index (χ0) is 18.4. The van der Waals surface area contributed by atoms with E-state index in [1.807, 2.05) is 12.1 Å². The van der Waals surface area contributed by atoms with Crippen molar-refractivity contribution in [2.24, 2.45) is 0 Å². The van der Waals surface area contributed by atoms with Crippen molar-refractivity contribution < 1.29 is 14.6 Å². The van der Waals surface area contributed by atoms with E-state index in [0.29, 0.717) is 6.54 Å². The topological polar surface area (TPSA) is 38.0 Å². The first-order valence-electron chi connectivity index (χ1n) is 9.68. The van der Waals surface area contributed by atoms with Crippen molar-refractivity contribution in [1.29, 1.82) is 0 Å². The molecular formula is C22H31N3O+2. The standard InChI is InChI=1S/C22H29N3O/c1-18-5-7-19(8-6-18)15-24(2)17-22(26)23-21-11-9-20(10-12-21)16-25-13-3-4-14-25/h5-12H,3-4,13-17H2,1-2H3,(H,23,26)/p+2. The first-order chi connectivity index (χ1) is 12.6. The molecule has 0 radical (unpaired) electrons. The molecule has 2 aromatic carbocycles. The lowest BCUT2D eigenvalue weighted by Crippen LogP contribution is -3.08. The molecule has 0 aromatic heterocycles. The minimum atomic E-state index is 0.0625. The Bertz CT molecular complexity index is 703. The summed E-state index contributed by atoms with van der Waals surface area (Å²) in [7, 11) is 2.06. The molecule has 1 amide bonds. The molecule has 26 heavy (non-hydrogen) atoms. The van der Waals surface area contributed by atoms with Gasteiger partial charge in [0.05, 0.1) is 20.1 Å². The summed E-state index contributed by atoms with van der Waals surface area (Å²) < 4.78 is 0. The molecule has 0 aliphatic carbocycles. The summed E-state index contributed by atoms with van der Waals surface area (Å²) in [5.74, 6) is 0.0625. The van der Waals surface area contributed by atoms with Crippen molar-refractivity contribution in [1.82, 2.24) is 0 Å². The van der Waals surface area contributed by atoms with Gasteiger partial charge in [-0.15, -0.1) is 0 Å². The summed E-state index contributed by atoms with van der Waals surface area (Å²) in [5, 5.41) is 3.02. The molecule has 1 heterocycles. The lowest BCUT2D eigenvalue weighted by Gasteiger charge is -2.15. The van der Waals surface area contributed by atoms with Crippen LogP contribution in [0.1, 0.15) is 29.5 Å². The van der Waals surface area contributed by atoms with E-state index in [-0.39, 0.29) is 5.91 Å². The van der Waals surface area contributed by atoms with Gasteiger partial charge in [0, 0.05) is 29.7 Å². The summed E-state index contributed by atoms with van der Waals surface area (Å²) in [6, 6.07) is 16.8. The van der Waals surface area contributed by atoms with E-state index < -0.39 is 0 Å². The molecule has 3 N–H and O–H groups in total. The Morgan fingerprint density at radius 3 is 2.27 bits per heavy atom. The normalized spacial score (nSPS) is 15.8. The van der Waals surface area contributed by atoms with Crippen LogP contribution < -0.4 is 15.1 Å². The summed E-state index contributed by atoms with van der Waals surface area (Å²) in [6.45, 7) is 7.07. The molecule has 0 spiro atoms. The monoisotopic (exact) mass is 353 g/mol. The van der Waals surface area contributed by atoms with Crippen molar-refractivity contribution in [2.75, 3.05) is 32.0 Å². The van der Waals surface area contributed by atoms with Gasteiger partial charge in [0.15, 0.2) is 6.54 Å². The van der Waals surface area contributed by atoms with Crippen LogP contribution in [0.25, 0.3) is 0 Å². The quantitative estimate of drug-likeness (QED) is 0.678. The number of carbonyl (C=O) groups is 1. The van der Waals surface area contributed by atoms with Gasteiger partial charge in [-0.3, -0.25) is 4.79 Å². The van der Waals surface area contributed by atoms with Crippen LogP contribution >= 0.6 is 0 Å². The number of likely N-dealkylation sites (N-methyl/N-ethyl adjacent to an activating group) is 1. The predicted molar refractivity (Wildman–Crippen MR) is 105 cm³/mol. The third kappa shape index (κ3) is 5.68. The van der Waals surface area contributed by atoms with E-state index in [0.717, 1.165) is 18.8 Å². The zero-order valence-corrected chi connectivity index (χ0v) is 16.0. The zero-order valence-electron chi connectivity index (χ0n) is 16.0. The van der Waals surface area contributed by atoms with Crippen molar-refractivity contribution in [2.45, 2.75) is 32.9 Å². The van der Waals surface area contributed by atoms with Gasteiger partial charge in [-0.05, 0) is 19.1 Å². The second kappa shape index (κ2) is 8.97. The van der Waals surface area contributed by atoms with E-state index >= 15 is 0 Å². The molecule has 0 bridgehead atoms. The highest BCUT2D eigenvalue weighted by molar-refractivity contribution is 5.91. The van der Waals surface area contributed by atoms with Crippen LogP contribution in [-0.2, 0) is 17.9 Å². The minimum Gasteiger partial charge on any atom is -0.331 e. The van der Waals surface area contributed by atoms with Crippen molar-refractivity contribution in [3.8, 4) is 0 Å². The molecule has 1 atom stereocenters. The Morgan fingerprint density at radius 1 is 1.00 bits per heavy atom. The molecule has 4 heteroatoms. The van der Waals surface area contributed by atoms with Gasteiger partial charge in [-0.2, -0.15) is 0 Å². The molecule has 1 unspecified atom stereocenters. The number of hydrogen-bond acceptors (Lipinski definition) is 1. The van der Waals surface area contributed by atoms with Crippen LogP contribution in [0, 0.1) is 6.92 Å². The fourth-order valence-corrected chi connectivity index (χ4v) is 3.64. The van der Waals surface area contributed by atoms with Gasteiger partial charge in [0.1, 0.15) is 13.1 Å². The van der Waals surface area contributed by atoms with Crippen LogP contribution in [0.3, 0.4) is 0 Å². The second-order valence-electron chi connectivity index (χ2n) is 7.68. The average Bonchev–Trinajstić information content (AvgIpc) is 3.11. The number of amides is 1. The van der Waals surface area contributed by atoms with E-state index in [1.165, 1.54) is 47.5 Å².